The molecule has 1 spiro atoms. The van der Waals surface area contributed by atoms with Gasteiger partial charge in [0.2, 0.25) is 0 Å². The van der Waals surface area contributed by atoms with Gasteiger partial charge in [0.05, 0.1) is 13.2 Å². The molecule has 0 bridgehead atoms. The van der Waals surface area contributed by atoms with Crippen molar-refractivity contribution >= 4 is 5.97 Å². The van der Waals surface area contributed by atoms with Crippen LogP contribution in [0.5, 0.6) is 0 Å². The maximum atomic E-state index is 11.6. The lowest BCUT2D eigenvalue weighted by molar-refractivity contribution is -0.239. The first-order valence-corrected chi connectivity index (χ1v) is 11.3. The number of hydrogen-bond donors (Lipinski definition) is 0. The van der Waals surface area contributed by atoms with Crippen molar-refractivity contribution in [3.63, 3.8) is 0 Å². The summed E-state index contributed by atoms with van der Waals surface area (Å²) in [6.45, 7) is 8.06. The fourth-order valence-electron chi connectivity index (χ4n) is 8.44. The highest BCUT2D eigenvalue weighted by Crippen LogP contribution is 2.67. The molecule has 27 heavy (non-hydrogen) atoms. The second kappa shape index (κ2) is 6.19. The third-order valence-electron chi connectivity index (χ3n) is 9.62. The Bertz CT molecular complexity index is 611. The molecular formula is C23H36O4. The lowest BCUT2D eigenvalue weighted by Crippen LogP contribution is -2.57. The highest BCUT2D eigenvalue weighted by molar-refractivity contribution is 5.66. The van der Waals surface area contributed by atoms with Gasteiger partial charge in [-0.25, -0.2) is 0 Å². The molecule has 1 aliphatic heterocycles. The van der Waals surface area contributed by atoms with Crippen molar-refractivity contribution in [2.75, 3.05) is 13.2 Å². The van der Waals surface area contributed by atoms with Crippen LogP contribution in [-0.4, -0.2) is 31.1 Å². The highest BCUT2D eigenvalue weighted by Gasteiger charge is 2.63. The Hall–Kier alpha value is -0.610. The average molecular weight is 377 g/mol. The number of esters is 1. The number of rotatable bonds is 1. The molecule has 0 amide bonds. The molecule has 7 atom stereocenters. The molecule has 5 rings (SSSR count). The smallest absolute Gasteiger partial charge is 0.302 e. The van der Waals surface area contributed by atoms with E-state index in [-0.39, 0.29) is 23.3 Å². The lowest BCUT2D eigenvalue weighted by atomic mass is 9.44. The molecule has 0 aromatic carbocycles. The maximum Gasteiger partial charge on any atom is 0.302 e. The van der Waals surface area contributed by atoms with Gasteiger partial charge in [0.15, 0.2) is 5.79 Å². The van der Waals surface area contributed by atoms with Gasteiger partial charge in [-0.2, -0.15) is 0 Å². The summed E-state index contributed by atoms with van der Waals surface area (Å²) in [5, 5.41) is 0. The quantitative estimate of drug-likeness (QED) is 0.622. The minimum absolute atomic E-state index is 0.107. The zero-order valence-corrected chi connectivity index (χ0v) is 17.3. The predicted molar refractivity (Wildman–Crippen MR) is 102 cm³/mol. The van der Waals surface area contributed by atoms with Crippen LogP contribution in [0.25, 0.3) is 0 Å². The summed E-state index contributed by atoms with van der Waals surface area (Å²) in [7, 11) is 0. The molecule has 4 saturated carbocycles. The van der Waals surface area contributed by atoms with Crippen LogP contribution in [0.1, 0.15) is 78.6 Å². The largest absolute Gasteiger partial charge is 0.462 e. The summed E-state index contributed by atoms with van der Waals surface area (Å²) in [6, 6.07) is 0. The standard InChI is InChI=1S/C23H36O4/c1-15(24)27-20-7-6-18-17-5-4-16-8-11-23(25-12-13-26-23)14-22(16,3)19(17)9-10-21(18,20)2/h16-20H,4-14H2,1-3H3/t16-,17-,18+,19-,20+,21-,22-/m0/s1. The van der Waals surface area contributed by atoms with E-state index in [4.69, 9.17) is 14.2 Å². The van der Waals surface area contributed by atoms with Gasteiger partial charge in [-0.15, -0.1) is 0 Å². The summed E-state index contributed by atoms with van der Waals surface area (Å²) in [6.07, 6.45) is 11.1. The first-order valence-electron chi connectivity index (χ1n) is 11.3. The maximum absolute atomic E-state index is 11.6. The zero-order chi connectivity index (χ0) is 18.9. The SMILES string of the molecule is CC(=O)O[C@@H]1CC[C@@H]2[C@@H]3CC[C@H]4CCC5(C[C@]4(C)[C@H]3CC[C@@]21C)OCCO5. The van der Waals surface area contributed by atoms with Crippen molar-refractivity contribution in [2.24, 2.45) is 34.5 Å². The molecule has 0 unspecified atom stereocenters. The minimum Gasteiger partial charge on any atom is -0.462 e. The molecule has 1 saturated heterocycles. The van der Waals surface area contributed by atoms with E-state index in [1.165, 1.54) is 38.5 Å². The molecule has 5 fully saturated rings. The minimum atomic E-state index is -0.288. The summed E-state index contributed by atoms with van der Waals surface area (Å²) in [5.74, 6) is 2.69. The van der Waals surface area contributed by atoms with Gasteiger partial charge in [-0.3, -0.25) is 4.79 Å². The fourth-order valence-corrected chi connectivity index (χ4v) is 8.44. The summed E-state index contributed by atoms with van der Waals surface area (Å²) in [4.78, 5) is 11.6. The van der Waals surface area contributed by atoms with E-state index in [0.29, 0.717) is 11.3 Å². The van der Waals surface area contributed by atoms with Gasteiger partial charge in [0.1, 0.15) is 6.10 Å². The van der Waals surface area contributed by atoms with Crippen LogP contribution in [0.3, 0.4) is 0 Å². The van der Waals surface area contributed by atoms with E-state index >= 15 is 0 Å². The second-order valence-corrected chi connectivity index (χ2v) is 10.7. The van der Waals surface area contributed by atoms with Crippen molar-refractivity contribution in [3.05, 3.63) is 0 Å². The fraction of sp³-hybridized carbons (Fsp3) is 0.957. The molecule has 5 aliphatic rings. The first kappa shape index (κ1) is 18.4. The third-order valence-corrected chi connectivity index (χ3v) is 9.62. The molecule has 4 aliphatic carbocycles. The van der Waals surface area contributed by atoms with Crippen LogP contribution >= 0.6 is 0 Å². The van der Waals surface area contributed by atoms with Gasteiger partial charge in [-0.1, -0.05) is 13.8 Å². The van der Waals surface area contributed by atoms with Gasteiger partial charge in [0, 0.05) is 25.2 Å². The van der Waals surface area contributed by atoms with Crippen molar-refractivity contribution in [1.82, 2.24) is 0 Å². The molecule has 0 aromatic rings. The van der Waals surface area contributed by atoms with E-state index in [9.17, 15) is 4.79 Å². The number of carbonyl (C=O) groups excluding carboxylic acids is 1. The second-order valence-electron chi connectivity index (χ2n) is 10.7. The number of carbonyl (C=O) groups is 1. The summed E-state index contributed by atoms with van der Waals surface area (Å²) >= 11 is 0. The highest BCUT2D eigenvalue weighted by atomic mass is 16.7. The van der Waals surface area contributed by atoms with E-state index < -0.39 is 0 Å². The van der Waals surface area contributed by atoms with E-state index in [2.05, 4.69) is 13.8 Å². The van der Waals surface area contributed by atoms with Crippen LogP contribution in [0, 0.1) is 34.5 Å². The zero-order valence-electron chi connectivity index (χ0n) is 17.3. The van der Waals surface area contributed by atoms with Gasteiger partial charge >= 0.3 is 5.97 Å². The van der Waals surface area contributed by atoms with Gasteiger partial charge < -0.3 is 14.2 Å². The Kier molecular flexibility index (Phi) is 4.22. The molecule has 1 heterocycles. The topological polar surface area (TPSA) is 44.8 Å². The Morgan fingerprint density at radius 1 is 0.889 bits per heavy atom. The molecule has 0 N–H and O–H groups in total. The summed E-state index contributed by atoms with van der Waals surface area (Å²) < 4.78 is 18.1. The monoisotopic (exact) mass is 376 g/mol. The lowest BCUT2D eigenvalue weighted by Gasteiger charge is -2.62. The van der Waals surface area contributed by atoms with Crippen molar-refractivity contribution < 1.29 is 19.0 Å². The molecule has 152 valence electrons. The van der Waals surface area contributed by atoms with Crippen molar-refractivity contribution in [2.45, 2.75) is 90.4 Å². The van der Waals surface area contributed by atoms with E-state index in [0.717, 1.165) is 50.2 Å². The van der Waals surface area contributed by atoms with Gasteiger partial charge in [0.25, 0.3) is 0 Å². The number of hydrogen-bond acceptors (Lipinski definition) is 4. The molecule has 0 aromatic heterocycles. The van der Waals surface area contributed by atoms with Crippen LogP contribution in [-0.2, 0) is 19.0 Å². The van der Waals surface area contributed by atoms with Crippen LogP contribution in [0.4, 0.5) is 0 Å². The molecule has 4 heteroatoms. The third kappa shape index (κ3) is 2.65. The molecular weight excluding hydrogens is 340 g/mol. The first-order chi connectivity index (χ1) is 12.9. The Balaban J connectivity index is 1.41. The van der Waals surface area contributed by atoms with Crippen molar-refractivity contribution in [3.8, 4) is 0 Å². The number of ether oxygens (including phenoxy) is 3. The van der Waals surface area contributed by atoms with E-state index in [1.807, 2.05) is 0 Å². The summed E-state index contributed by atoms with van der Waals surface area (Å²) in [5.41, 5.74) is 0.523. The van der Waals surface area contributed by atoms with Crippen LogP contribution in [0.15, 0.2) is 0 Å². The van der Waals surface area contributed by atoms with Crippen LogP contribution < -0.4 is 0 Å². The Morgan fingerprint density at radius 2 is 1.63 bits per heavy atom. The Labute approximate surface area is 163 Å². The normalized spacial score (nSPS) is 50.7. The average Bonchev–Trinajstić information content (AvgIpc) is 3.19. The Morgan fingerprint density at radius 3 is 2.37 bits per heavy atom. The molecule has 4 nitrogen and oxygen atoms in total. The van der Waals surface area contributed by atoms with E-state index in [1.54, 1.807) is 6.92 Å². The number of fused-ring (bicyclic) bond motifs is 5. The molecule has 0 radical (unpaired) electrons. The van der Waals surface area contributed by atoms with Gasteiger partial charge in [-0.05, 0) is 74.0 Å². The van der Waals surface area contributed by atoms with Crippen molar-refractivity contribution in [1.29, 1.82) is 0 Å². The van der Waals surface area contributed by atoms with Crippen LogP contribution in [0.2, 0.25) is 0 Å². The predicted octanol–water partition coefficient (Wildman–Crippen LogP) is 4.70.